The number of fused-ring (bicyclic) bond motifs is 2. The van der Waals surface area contributed by atoms with E-state index in [1.807, 2.05) is 19.1 Å². The molecule has 2 heterocycles. The van der Waals surface area contributed by atoms with E-state index in [4.69, 9.17) is 4.74 Å². The number of benzene rings is 2. The first-order valence-corrected chi connectivity index (χ1v) is 16.5. The monoisotopic (exact) mass is 564 g/mol. The number of aldehydes is 1. The lowest BCUT2D eigenvalue weighted by Gasteiger charge is -2.43. The smallest absolute Gasteiger partial charge is 0.263 e. The second-order valence-corrected chi connectivity index (χ2v) is 13.4. The minimum Gasteiger partial charge on any atom is -0.491 e. The van der Waals surface area contributed by atoms with Crippen molar-refractivity contribution in [1.29, 1.82) is 0 Å². The van der Waals surface area contributed by atoms with Gasteiger partial charge in [-0.15, -0.1) is 0 Å². The number of nitrogens with one attached hydrogen (secondary N) is 1. The molecule has 0 aromatic heterocycles. The van der Waals surface area contributed by atoms with Crippen molar-refractivity contribution in [3.05, 3.63) is 59.2 Å². The van der Waals surface area contributed by atoms with Crippen LogP contribution >= 0.6 is 0 Å². The van der Waals surface area contributed by atoms with Crippen molar-refractivity contribution >= 4 is 28.9 Å². The minimum absolute atomic E-state index is 0.0760. The number of carbonyl (C=O) groups is 2. The van der Waals surface area contributed by atoms with Gasteiger partial charge in [-0.05, 0) is 79.7 Å². The first-order chi connectivity index (χ1) is 19.5. The van der Waals surface area contributed by atoms with Crippen molar-refractivity contribution in [2.75, 3.05) is 24.6 Å². The Bertz CT molecular complexity index is 1220. The van der Waals surface area contributed by atoms with E-state index in [0.29, 0.717) is 24.0 Å². The molecule has 2 aliphatic heterocycles. The molecule has 1 aliphatic carbocycles. The summed E-state index contributed by atoms with van der Waals surface area (Å²) >= 11 is 0. The summed E-state index contributed by atoms with van der Waals surface area (Å²) in [5.74, 6) is 1.58. The third-order valence-electron chi connectivity index (χ3n) is 9.38. The quantitative estimate of drug-likeness (QED) is 0.437. The van der Waals surface area contributed by atoms with Gasteiger partial charge < -0.3 is 14.4 Å². The molecule has 6 nitrogen and oxygen atoms in total. The zero-order valence-electron chi connectivity index (χ0n) is 24.0. The maximum Gasteiger partial charge on any atom is 0.263 e. The first kappa shape index (κ1) is 28.8. The summed E-state index contributed by atoms with van der Waals surface area (Å²) in [5, 5.41) is -0.0902. The van der Waals surface area contributed by atoms with Crippen LogP contribution in [0.25, 0.3) is 0 Å². The molecule has 2 aromatic carbocycles. The lowest BCUT2D eigenvalue weighted by molar-refractivity contribution is -0.115. The van der Waals surface area contributed by atoms with Gasteiger partial charge in [0.05, 0.1) is 17.5 Å². The van der Waals surface area contributed by atoms with Gasteiger partial charge in [0, 0.05) is 30.5 Å². The predicted molar refractivity (Wildman–Crippen MR) is 161 cm³/mol. The Morgan fingerprint density at radius 1 is 1.05 bits per heavy atom. The van der Waals surface area contributed by atoms with E-state index in [9.17, 15) is 13.8 Å². The molecule has 3 aliphatic rings. The van der Waals surface area contributed by atoms with Crippen molar-refractivity contribution < 1.29 is 18.5 Å². The van der Waals surface area contributed by atoms with Crippen LogP contribution in [0, 0.1) is 17.8 Å². The number of ether oxygens (including phenoxy) is 1. The second-order valence-electron chi connectivity index (χ2n) is 11.9. The fourth-order valence-corrected chi connectivity index (χ4v) is 8.08. The molecular weight excluding hydrogens is 520 g/mol. The number of anilines is 1. The third kappa shape index (κ3) is 6.29. The number of aryl methyl sites for hydroxylation is 1. The summed E-state index contributed by atoms with van der Waals surface area (Å²) in [6.45, 7) is 6.43. The number of hydrogen-bond acceptors (Lipinski definition) is 5. The third-order valence-corrected chi connectivity index (χ3v) is 10.9. The van der Waals surface area contributed by atoms with Gasteiger partial charge in [0.25, 0.3) is 5.91 Å². The van der Waals surface area contributed by atoms with Gasteiger partial charge in [0.2, 0.25) is 0 Å². The van der Waals surface area contributed by atoms with E-state index in [1.54, 1.807) is 6.07 Å². The highest BCUT2D eigenvalue weighted by Crippen LogP contribution is 2.44. The van der Waals surface area contributed by atoms with E-state index < -0.39 is 11.0 Å². The Hall–Kier alpha value is -2.67. The van der Waals surface area contributed by atoms with Gasteiger partial charge in [-0.25, -0.2) is 4.21 Å². The Balaban J connectivity index is 1.51. The number of nitrogens with zero attached hydrogens (tertiary/aromatic N) is 1. The van der Waals surface area contributed by atoms with Gasteiger partial charge in [0.15, 0.2) is 0 Å². The minimum atomic E-state index is -1.46. The first-order valence-electron chi connectivity index (χ1n) is 15.3. The van der Waals surface area contributed by atoms with E-state index in [1.165, 1.54) is 17.4 Å². The molecule has 1 amide bonds. The van der Waals surface area contributed by atoms with Crippen molar-refractivity contribution in [2.45, 2.75) is 82.8 Å². The van der Waals surface area contributed by atoms with Crippen LogP contribution in [0.15, 0.2) is 42.5 Å². The fraction of sp³-hybridized carbons (Fsp3) is 0.576. The van der Waals surface area contributed by atoms with E-state index in [-0.39, 0.29) is 23.0 Å². The van der Waals surface area contributed by atoms with Crippen LogP contribution < -0.4 is 14.4 Å². The van der Waals surface area contributed by atoms with Gasteiger partial charge >= 0.3 is 0 Å². The Morgan fingerprint density at radius 3 is 2.62 bits per heavy atom. The van der Waals surface area contributed by atoms with Crippen molar-refractivity contribution in [3.8, 4) is 5.75 Å². The maximum absolute atomic E-state index is 13.3. The largest absolute Gasteiger partial charge is 0.491 e. The number of carbonyl (C=O) groups excluding carboxylic acids is 2. The molecule has 1 saturated carbocycles. The van der Waals surface area contributed by atoms with Crippen LogP contribution in [0.1, 0.15) is 92.6 Å². The Kier molecular flexibility index (Phi) is 9.61. The average Bonchev–Trinajstić information content (AvgIpc) is 3.13. The van der Waals surface area contributed by atoms with Crippen molar-refractivity contribution in [2.24, 2.45) is 17.8 Å². The highest BCUT2D eigenvalue weighted by atomic mass is 32.2. The Morgan fingerprint density at radius 2 is 1.88 bits per heavy atom. The van der Waals surface area contributed by atoms with Crippen LogP contribution in [0.2, 0.25) is 0 Å². The molecule has 2 aromatic rings. The standard InChI is InChI=1S/C33H44N2O4S/c1-3-9-23-10-6-8-13-29(23)27-20-35-19-25-14-16-30(25)26(21-36)11-5-7-12-28(4-2)40(38)34-33(37)24-15-17-32(39-22-27)31(35)18-24/h6,8,10,13,15,17-18,21,25-28,30H,3-5,7,9,11-12,14,16,19-20,22H2,1-2H3,(H,34,37). The highest BCUT2D eigenvalue weighted by molar-refractivity contribution is 7.84. The van der Waals surface area contributed by atoms with E-state index in [2.05, 4.69) is 40.8 Å². The molecule has 1 N–H and O–H groups in total. The number of hydrogen-bond donors (Lipinski definition) is 1. The summed E-state index contributed by atoms with van der Waals surface area (Å²) in [6, 6.07) is 14.3. The van der Waals surface area contributed by atoms with Crippen LogP contribution in [-0.2, 0) is 22.2 Å². The van der Waals surface area contributed by atoms with Gasteiger partial charge in [-0.3, -0.25) is 9.52 Å². The summed E-state index contributed by atoms with van der Waals surface area (Å²) in [7, 11) is -1.46. The molecule has 216 valence electrons. The molecular formula is C33H44N2O4S. The lowest BCUT2D eigenvalue weighted by atomic mass is 9.66. The summed E-state index contributed by atoms with van der Waals surface area (Å²) in [5.41, 5.74) is 4.12. The van der Waals surface area contributed by atoms with Crippen molar-refractivity contribution in [3.63, 3.8) is 0 Å². The second kappa shape index (κ2) is 13.3. The predicted octanol–water partition coefficient (Wildman–Crippen LogP) is 6.21. The fourth-order valence-electron chi connectivity index (χ4n) is 6.93. The molecule has 0 radical (unpaired) electrons. The van der Waals surface area contributed by atoms with Crippen LogP contribution in [0.4, 0.5) is 5.69 Å². The topological polar surface area (TPSA) is 75.7 Å². The normalized spacial score (nSPS) is 29.2. The molecule has 0 saturated heterocycles. The van der Waals surface area contributed by atoms with Crippen molar-refractivity contribution in [1.82, 2.24) is 4.72 Å². The van der Waals surface area contributed by atoms with Gasteiger partial charge in [0.1, 0.15) is 23.0 Å². The SMILES string of the molecule is CCCc1ccccc1C1COc2ccc3cc2N(C1)CC1CCC1C(C=O)CCCCC(CC)S(=O)NC3=O. The number of amides is 1. The summed E-state index contributed by atoms with van der Waals surface area (Å²) in [4.78, 5) is 27.9. The van der Waals surface area contributed by atoms with E-state index >= 15 is 0 Å². The van der Waals surface area contributed by atoms with Crippen LogP contribution in [-0.4, -0.2) is 41.3 Å². The van der Waals surface area contributed by atoms with Gasteiger partial charge in [-0.2, -0.15) is 0 Å². The summed E-state index contributed by atoms with van der Waals surface area (Å²) in [6.07, 6.45) is 9.81. The van der Waals surface area contributed by atoms with Crippen LogP contribution in [0.3, 0.4) is 0 Å². The molecule has 40 heavy (non-hydrogen) atoms. The highest BCUT2D eigenvalue weighted by Gasteiger charge is 2.39. The average molecular weight is 565 g/mol. The molecule has 5 rings (SSSR count). The zero-order valence-corrected chi connectivity index (χ0v) is 24.8. The molecule has 6 atom stereocenters. The molecule has 2 bridgehead atoms. The van der Waals surface area contributed by atoms with Crippen LogP contribution in [0.5, 0.6) is 5.75 Å². The molecule has 7 heteroatoms. The maximum atomic E-state index is 13.3. The lowest BCUT2D eigenvalue weighted by Crippen LogP contribution is -2.43. The molecule has 6 unspecified atom stereocenters. The number of rotatable bonds is 5. The molecule has 1 fully saturated rings. The Labute approximate surface area is 241 Å². The molecule has 0 spiro atoms. The van der Waals surface area contributed by atoms with Gasteiger partial charge in [-0.1, -0.05) is 57.4 Å². The zero-order chi connectivity index (χ0) is 28.1. The summed E-state index contributed by atoms with van der Waals surface area (Å²) < 4.78 is 22.3. The van der Waals surface area contributed by atoms with E-state index in [0.717, 1.165) is 82.3 Å².